The van der Waals surface area contributed by atoms with Crippen molar-refractivity contribution in [1.82, 2.24) is 0 Å². The van der Waals surface area contributed by atoms with Crippen molar-refractivity contribution in [2.24, 2.45) is 5.92 Å². The predicted octanol–water partition coefficient (Wildman–Crippen LogP) is 15.8. The van der Waals surface area contributed by atoms with Crippen molar-refractivity contribution in [1.29, 1.82) is 0 Å². The van der Waals surface area contributed by atoms with Gasteiger partial charge < -0.3 is 56.9 Å². The lowest BCUT2D eigenvalue weighted by atomic mass is 9.14. The summed E-state index contributed by atoms with van der Waals surface area (Å²) in [5.74, 6) is 1.13. The van der Waals surface area contributed by atoms with Crippen molar-refractivity contribution in [2.75, 3.05) is 78.5 Å². The van der Waals surface area contributed by atoms with Gasteiger partial charge in [-0.05, 0) is 77.8 Å². The van der Waals surface area contributed by atoms with Gasteiger partial charge >= 0.3 is 0 Å². The fraction of sp³-hybridized carbons (Fsp3) is 0.330. The lowest BCUT2D eigenvalue weighted by Gasteiger charge is -2.59. The molecule has 0 N–H and O–H groups in total. The predicted molar refractivity (Wildman–Crippen MR) is 462 cm³/mol. The van der Waals surface area contributed by atoms with E-state index in [9.17, 15) is 4.79 Å². The number of piperazine rings is 3. The molecule has 0 radical (unpaired) electrons. The molecule has 0 atom stereocenters. The number of ketones is 1. The van der Waals surface area contributed by atoms with Gasteiger partial charge in [0.2, 0.25) is 0 Å². The molecule has 0 unspecified atom stereocenters. The first-order valence-corrected chi connectivity index (χ1v) is 41.2. The molecule has 6 heterocycles. The SMILES string of the molecule is CCCC[B-](c1ccccc1)(c1ccccc1)c1ccccc1.CCCC[N+](CCCC)(CCCC)Cc1ccc(C(=O)c2ccccc2)cc1.I.[I-].[I-].c1ccc2c(c1)-c1ccccc1C2[N+]12CCC(CC1)CC2.c1ccc2c(c1)-c1ccccc1C2[N+]12CC[N+](C3c4ccccc4-c4ccccc43)(CC1)CC2. The van der Waals surface area contributed by atoms with E-state index >= 15 is 0 Å². The largest absolute Gasteiger partial charge is 1.00 e. The van der Waals surface area contributed by atoms with Crippen molar-refractivity contribution in [3.63, 3.8) is 0 Å². The smallest absolute Gasteiger partial charge is 0.193 e. The molecule has 564 valence electrons. The molecule has 0 spiro atoms. The third-order valence-corrected chi connectivity index (χ3v) is 26.8. The van der Waals surface area contributed by atoms with Crippen LogP contribution in [0.2, 0.25) is 6.32 Å². The minimum atomic E-state index is -0.913. The van der Waals surface area contributed by atoms with Gasteiger partial charge in [0, 0.05) is 50.1 Å². The van der Waals surface area contributed by atoms with Crippen LogP contribution in [0, 0.1) is 5.92 Å². The first-order valence-electron chi connectivity index (χ1n) is 41.2. The number of carbonyl (C=O) groups is 1. The van der Waals surface area contributed by atoms with E-state index < -0.39 is 6.15 Å². The number of nitrogens with zero attached hydrogens (tertiary/aromatic N) is 4. The summed E-state index contributed by atoms with van der Waals surface area (Å²) < 4.78 is 5.00. The van der Waals surface area contributed by atoms with Gasteiger partial charge in [-0.25, -0.2) is 0 Å². The zero-order valence-corrected chi connectivity index (χ0v) is 71.8. The number of unbranched alkanes of at least 4 members (excludes halogenated alkanes) is 4. The van der Waals surface area contributed by atoms with Gasteiger partial charge in [0.15, 0.2) is 5.78 Å². The summed E-state index contributed by atoms with van der Waals surface area (Å²) in [4.78, 5) is 12.7. The van der Waals surface area contributed by atoms with Crippen LogP contribution in [0.4, 0.5) is 0 Å². The van der Waals surface area contributed by atoms with E-state index in [1.54, 1.807) is 33.4 Å². The van der Waals surface area contributed by atoms with Gasteiger partial charge in [-0.2, -0.15) is 22.7 Å². The summed E-state index contributed by atoms with van der Waals surface area (Å²) in [5, 5.41) is 0. The summed E-state index contributed by atoms with van der Waals surface area (Å²) in [5.41, 5.74) is 25.4. The van der Waals surface area contributed by atoms with Crippen LogP contribution >= 0.6 is 24.0 Å². The van der Waals surface area contributed by atoms with Crippen LogP contribution in [0.5, 0.6) is 0 Å². The Balaban J connectivity index is 0.000000137. The number of quaternary nitrogens is 4. The molecule has 3 aliphatic carbocycles. The maximum Gasteiger partial charge on any atom is 0.193 e. The Morgan fingerprint density at radius 1 is 0.321 bits per heavy atom. The van der Waals surface area contributed by atoms with Crippen molar-refractivity contribution in [2.45, 2.75) is 129 Å². The second kappa shape index (κ2) is 37.2. The van der Waals surface area contributed by atoms with Crippen molar-refractivity contribution in [3.05, 3.63) is 341 Å². The third-order valence-electron chi connectivity index (χ3n) is 26.8. The molecule has 5 nitrogen and oxygen atoms in total. The van der Waals surface area contributed by atoms with Gasteiger partial charge in [-0.3, -0.25) is 13.8 Å². The zero-order chi connectivity index (χ0) is 72.4. The van der Waals surface area contributed by atoms with E-state index in [0.717, 1.165) is 23.6 Å². The first kappa shape index (κ1) is 81.7. The Labute approximate surface area is 705 Å². The monoisotopic (exact) mass is 1780 g/mol. The molecule has 20 rings (SSSR count). The number of fused-ring (bicyclic) bond motifs is 15. The average Bonchev–Trinajstić information content (AvgIpc) is 1.58. The fourth-order valence-electron chi connectivity index (χ4n) is 21.2. The number of hydrogen-bond acceptors (Lipinski definition) is 1. The Morgan fingerprint density at radius 3 is 0.872 bits per heavy atom. The molecule has 11 aromatic rings. The number of benzene rings is 11. The lowest BCUT2D eigenvalue weighted by molar-refractivity contribution is -1.10. The topological polar surface area (TPSA) is 17.1 Å². The fourth-order valence-corrected chi connectivity index (χ4v) is 21.2. The van der Waals surface area contributed by atoms with Crippen LogP contribution < -0.4 is 64.3 Å². The molecule has 6 saturated heterocycles. The number of piperidine rings is 3. The second-order valence-electron chi connectivity index (χ2n) is 32.7. The molecule has 0 saturated carbocycles. The molecule has 0 amide bonds. The van der Waals surface area contributed by atoms with Crippen molar-refractivity contribution < 1.29 is 70.7 Å². The number of halogens is 3. The van der Waals surface area contributed by atoms with Crippen molar-refractivity contribution in [3.8, 4) is 33.4 Å². The highest BCUT2D eigenvalue weighted by Gasteiger charge is 2.59. The maximum atomic E-state index is 12.7. The highest BCUT2D eigenvalue weighted by atomic mass is 127. The molecule has 0 aromatic heterocycles. The summed E-state index contributed by atoms with van der Waals surface area (Å²) in [6.07, 6.45) is 14.7. The highest BCUT2D eigenvalue weighted by molar-refractivity contribution is 14.0. The first-order chi connectivity index (χ1) is 52.2. The van der Waals surface area contributed by atoms with Gasteiger partial charge in [0.05, 0.1) is 45.4 Å². The van der Waals surface area contributed by atoms with E-state index in [-0.39, 0.29) is 77.7 Å². The van der Waals surface area contributed by atoms with E-state index in [1.165, 1.54) is 229 Å². The van der Waals surface area contributed by atoms with Gasteiger partial charge in [-0.15, -0.1) is 24.0 Å². The van der Waals surface area contributed by atoms with Gasteiger partial charge in [0.25, 0.3) is 0 Å². The minimum Gasteiger partial charge on any atom is -1.00 e. The molecular weight excluding hydrogens is 1660 g/mol. The normalized spacial score (nSPS) is 19.5. The van der Waals surface area contributed by atoms with Gasteiger partial charge in [0.1, 0.15) is 63.9 Å². The maximum absolute atomic E-state index is 12.7. The van der Waals surface area contributed by atoms with Crippen LogP contribution in [0.3, 0.4) is 0 Å². The van der Waals surface area contributed by atoms with E-state index in [4.69, 9.17) is 0 Å². The quantitative estimate of drug-likeness (QED) is 0.0286. The highest BCUT2D eigenvalue weighted by Crippen LogP contribution is 2.56. The summed E-state index contributed by atoms with van der Waals surface area (Å²) in [6, 6.07) is 108. The average molecular weight is 1780 g/mol. The summed E-state index contributed by atoms with van der Waals surface area (Å²) in [7, 11) is 0. The number of carbonyl (C=O) groups excluding carboxylic acids is 1. The summed E-state index contributed by atoms with van der Waals surface area (Å²) in [6.45, 7) is 25.8. The molecule has 9 aliphatic rings. The van der Waals surface area contributed by atoms with Crippen LogP contribution in [0.15, 0.2) is 291 Å². The number of rotatable bonds is 22. The zero-order valence-electron chi connectivity index (χ0n) is 65.1. The van der Waals surface area contributed by atoms with E-state index in [2.05, 4.69) is 276 Å². The Kier molecular flexibility index (Phi) is 27.9. The van der Waals surface area contributed by atoms with Gasteiger partial charge in [-0.1, -0.05) is 351 Å². The number of hydrogen-bond donors (Lipinski definition) is 0. The minimum absolute atomic E-state index is 0. The summed E-state index contributed by atoms with van der Waals surface area (Å²) >= 11 is 0. The van der Waals surface area contributed by atoms with E-state index in [0.29, 0.717) is 18.1 Å². The third kappa shape index (κ3) is 16.6. The lowest BCUT2D eigenvalue weighted by Crippen LogP contribution is -3.00. The Morgan fingerprint density at radius 2 is 0.578 bits per heavy atom. The molecular formula is C100H115BI3N4O+. The molecule has 11 aromatic carbocycles. The molecule has 6 aliphatic heterocycles. The van der Waals surface area contributed by atoms with E-state index in [1.807, 2.05) is 42.5 Å². The van der Waals surface area contributed by atoms with Crippen LogP contribution in [-0.2, 0) is 6.54 Å². The Hall–Kier alpha value is -6.82. The van der Waals surface area contributed by atoms with Crippen LogP contribution in [0.25, 0.3) is 33.4 Å². The van der Waals surface area contributed by atoms with Crippen LogP contribution in [0.1, 0.15) is 171 Å². The standard InChI is InChI=1S/C32H30N2.C26H38NO.C22H24B.C20H22N.3HI/c1-5-13-27-23(9-1)24-10-2-6-14-28(24)31(27)33-17-20-34(21-18-33,22-19-33)32-29-15-7-3-11-25(29)26-12-4-8-16-30(26)32;1-4-7-19-27(20-8-5-2,21-9-6-3)22-23-15-17-25(18-16-23)26(28)24-13-11-10-12-14-24;1-2-3-19-23(20-13-7-4-8-14-20,21-15-9-5-10-16-21)22-17-11-6-12-18-22;1-3-7-18-16(5-1)17-6-2-4-8-19(17)20(18)21-12-9-15(10-13-21)11-14-21;;;/h1-16,31-32H,17-22H2;10-18H,4-9,19-22H2,1-3H3;4-18H,2-3,19H2,1H3;1-8,15,20H,9-14H2;3*1H/q+2;+1;-1;+1;;;/p-2. The Bertz CT molecular complexity index is 4330. The molecule has 109 heavy (non-hydrogen) atoms. The van der Waals surface area contributed by atoms with Crippen molar-refractivity contribution >= 4 is 52.3 Å². The molecule has 4 bridgehead atoms. The molecule has 6 fully saturated rings. The van der Waals surface area contributed by atoms with Crippen LogP contribution in [-0.4, -0.2) is 108 Å². The molecule has 9 heteroatoms. The second-order valence-corrected chi connectivity index (χ2v) is 32.7.